The molecule has 0 saturated carbocycles. The van der Waals surface area contributed by atoms with Crippen molar-refractivity contribution in [3.63, 3.8) is 0 Å². The molecule has 1 aliphatic rings. The summed E-state index contributed by atoms with van der Waals surface area (Å²) in [5, 5.41) is 3.41. The van der Waals surface area contributed by atoms with E-state index in [1.54, 1.807) is 0 Å². The molecule has 2 unspecified atom stereocenters. The van der Waals surface area contributed by atoms with E-state index in [1.165, 1.54) is 5.56 Å². The third-order valence-electron chi connectivity index (χ3n) is 3.77. The fourth-order valence-corrected chi connectivity index (χ4v) is 2.85. The lowest BCUT2D eigenvalue weighted by atomic mass is 9.99. The van der Waals surface area contributed by atoms with Crippen LogP contribution in [0, 0.1) is 0 Å². The largest absolute Gasteiger partial charge is 0.314 e. The van der Waals surface area contributed by atoms with Gasteiger partial charge in [0.2, 0.25) is 0 Å². The van der Waals surface area contributed by atoms with Gasteiger partial charge in [-0.3, -0.25) is 9.88 Å². The molecule has 4 nitrogen and oxygen atoms in total. The van der Waals surface area contributed by atoms with E-state index in [9.17, 15) is 0 Å². The van der Waals surface area contributed by atoms with Crippen LogP contribution < -0.4 is 5.32 Å². The van der Waals surface area contributed by atoms with Crippen molar-refractivity contribution in [1.82, 2.24) is 20.1 Å². The van der Waals surface area contributed by atoms with Crippen LogP contribution >= 0.6 is 0 Å². The highest BCUT2D eigenvalue weighted by Crippen LogP contribution is 2.25. The van der Waals surface area contributed by atoms with Gasteiger partial charge in [-0.2, -0.15) is 0 Å². The summed E-state index contributed by atoms with van der Waals surface area (Å²) in [5.74, 6) is 0. The van der Waals surface area contributed by atoms with Crippen molar-refractivity contribution in [3.8, 4) is 0 Å². The molecule has 0 aliphatic carbocycles. The van der Waals surface area contributed by atoms with Crippen molar-refractivity contribution in [2.45, 2.75) is 19.0 Å². The molecular weight excluding hydrogens is 224 g/mol. The molecule has 0 aromatic carbocycles. The minimum atomic E-state index is 0.400. The topological polar surface area (TPSA) is 31.4 Å². The highest BCUT2D eigenvalue weighted by atomic mass is 15.3. The Morgan fingerprint density at radius 3 is 2.61 bits per heavy atom. The summed E-state index contributed by atoms with van der Waals surface area (Å²) in [4.78, 5) is 9.12. The molecule has 18 heavy (non-hydrogen) atoms. The molecule has 1 saturated heterocycles. The molecule has 1 aromatic heterocycles. The van der Waals surface area contributed by atoms with Crippen molar-refractivity contribution in [2.75, 3.05) is 40.3 Å². The zero-order chi connectivity index (χ0) is 13.0. The molecule has 2 rings (SSSR count). The Hall–Kier alpha value is -0.970. The Morgan fingerprint density at radius 2 is 2.06 bits per heavy atom. The third kappa shape index (κ3) is 3.07. The molecule has 1 aromatic rings. The van der Waals surface area contributed by atoms with Gasteiger partial charge in [0.25, 0.3) is 0 Å². The maximum atomic E-state index is 4.26. The van der Waals surface area contributed by atoms with Crippen LogP contribution in [0.1, 0.15) is 18.5 Å². The first-order valence-electron chi connectivity index (χ1n) is 6.71. The minimum absolute atomic E-state index is 0.400. The van der Waals surface area contributed by atoms with Crippen LogP contribution in [0.5, 0.6) is 0 Å². The maximum absolute atomic E-state index is 4.26. The summed E-state index contributed by atoms with van der Waals surface area (Å²) < 4.78 is 0. The second kappa shape index (κ2) is 6.27. The standard InChI is InChI=1S/C14H24N4/c1-12(18-9-7-15-8-10-18)14(17(2)3)13-5-4-6-16-11-13/h4-6,11-12,14-15H,7-10H2,1-3H3. The smallest absolute Gasteiger partial charge is 0.0510 e. The van der Waals surface area contributed by atoms with E-state index in [-0.39, 0.29) is 0 Å². The van der Waals surface area contributed by atoms with Gasteiger partial charge < -0.3 is 10.2 Å². The average Bonchev–Trinajstić information content (AvgIpc) is 2.40. The van der Waals surface area contributed by atoms with Crippen LogP contribution in [0.25, 0.3) is 0 Å². The van der Waals surface area contributed by atoms with Gasteiger partial charge in [-0.1, -0.05) is 6.07 Å². The number of hydrogen-bond donors (Lipinski definition) is 1. The highest BCUT2D eigenvalue weighted by Gasteiger charge is 2.27. The van der Waals surface area contributed by atoms with Gasteiger partial charge in [-0.05, 0) is 32.6 Å². The average molecular weight is 248 g/mol. The highest BCUT2D eigenvalue weighted by molar-refractivity contribution is 5.16. The van der Waals surface area contributed by atoms with Gasteiger partial charge in [0, 0.05) is 44.6 Å². The molecule has 1 aliphatic heterocycles. The van der Waals surface area contributed by atoms with E-state index in [4.69, 9.17) is 0 Å². The second-order valence-electron chi connectivity index (χ2n) is 5.22. The number of nitrogens with zero attached hydrogens (tertiary/aromatic N) is 3. The molecule has 1 fully saturated rings. The lowest BCUT2D eigenvalue weighted by Crippen LogP contribution is -2.51. The number of nitrogens with one attached hydrogen (secondary N) is 1. The van der Waals surface area contributed by atoms with Gasteiger partial charge in [-0.25, -0.2) is 0 Å². The summed E-state index contributed by atoms with van der Waals surface area (Å²) in [6.45, 7) is 6.77. The van der Waals surface area contributed by atoms with Crippen LogP contribution in [-0.2, 0) is 0 Å². The minimum Gasteiger partial charge on any atom is -0.314 e. The lowest BCUT2D eigenvalue weighted by Gasteiger charge is -2.40. The number of rotatable bonds is 4. The van der Waals surface area contributed by atoms with Gasteiger partial charge >= 0.3 is 0 Å². The Bertz CT molecular complexity index is 346. The Balaban J connectivity index is 2.14. The van der Waals surface area contributed by atoms with Gasteiger partial charge in [-0.15, -0.1) is 0 Å². The molecule has 0 amide bonds. The molecule has 0 radical (unpaired) electrons. The monoisotopic (exact) mass is 248 g/mol. The molecule has 100 valence electrons. The Kier molecular flexibility index (Phi) is 4.69. The summed E-state index contributed by atoms with van der Waals surface area (Å²) >= 11 is 0. The predicted octanol–water partition coefficient (Wildman–Crippen LogP) is 0.978. The fraction of sp³-hybridized carbons (Fsp3) is 0.643. The van der Waals surface area contributed by atoms with Crippen LogP contribution in [-0.4, -0.2) is 61.1 Å². The van der Waals surface area contributed by atoms with Crippen molar-refractivity contribution in [2.24, 2.45) is 0 Å². The number of hydrogen-bond acceptors (Lipinski definition) is 4. The van der Waals surface area contributed by atoms with E-state index in [0.29, 0.717) is 12.1 Å². The Morgan fingerprint density at radius 1 is 1.33 bits per heavy atom. The van der Waals surface area contributed by atoms with Crippen LogP contribution in [0.3, 0.4) is 0 Å². The summed E-state index contributed by atoms with van der Waals surface area (Å²) in [5.41, 5.74) is 1.30. The number of aromatic nitrogens is 1. The first-order valence-corrected chi connectivity index (χ1v) is 6.71. The summed E-state index contributed by atoms with van der Waals surface area (Å²) in [6.07, 6.45) is 3.83. The van der Waals surface area contributed by atoms with Gasteiger partial charge in [0.1, 0.15) is 0 Å². The van der Waals surface area contributed by atoms with Crippen molar-refractivity contribution >= 4 is 0 Å². The molecule has 2 atom stereocenters. The first kappa shape index (κ1) is 13.5. The van der Waals surface area contributed by atoms with Crippen LogP contribution in [0.15, 0.2) is 24.5 Å². The van der Waals surface area contributed by atoms with Crippen molar-refractivity contribution < 1.29 is 0 Å². The maximum Gasteiger partial charge on any atom is 0.0510 e. The third-order valence-corrected chi connectivity index (χ3v) is 3.77. The van der Waals surface area contributed by atoms with Gasteiger partial charge in [0.05, 0.1) is 6.04 Å². The van der Waals surface area contributed by atoms with Crippen molar-refractivity contribution in [3.05, 3.63) is 30.1 Å². The molecule has 4 heteroatoms. The summed E-state index contributed by atoms with van der Waals surface area (Å²) in [6, 6.07) is 5.11. The zero-order valence-electron chi connectivity index (χ0n) is 11.6. The molecular formula is C14H24N4. The van der Waals surface area contributed by atoms with Crippen LogP contribution in [0.2, 0.25) is 0 Å². The number of piperazine rings is 1. The van der Waals surface area contributed by atoms with E-state index in [0.717, 1.165) is 26.2 Å². The lowest BCUT2D eigenvalue weighted by molar-refractivity contribution is 0.106. The van der Waals surface area contributed by atoms with E-state index < -0.39 is 0 Å². The number of pyridine rings is 1. The molecule has 0 spiro atoms. The Labute approximate surface area is 110 Å². The SMILES string of the molecule is CC(C(c1cccnc1)N(C)C)N1CCNCC1. The van der Waals surface area contributed by atoms with Crippen LogP contribution in [0.4, 0.5) is 0 Å². The fourth-order valence-electron chi connectivity index (χ4n) is 2.85. The van der Waals surface area contributed by atoms with E-state index >= 15 is 0 Å². The zero-order valence-corrected chi connectivity index (χ0v) is 11.6. The van der Waals surface area contributed by atoms with Gasteiger partial charge in [0.15, 0.2) is 0 Å². The number of likely N-dealkylation sites (N-methyl/N-ethyl adjacent to an activating group) is 1. The van der Waals surface area contributed by atoms with E-state index in [1.807, 2.05) is 18.5 Å². The normalized spacial score (nSPS) is 20.9. The van der Waals surface area contributed by atoms with Crippen molar-refractivity contribution in [1.29, 1.82) is 0 Å². The quantitative estimate of drug-likeness (QED) is 0.860. The predicted molar refractivity (Wildman–Crippen MR) is 74.6 cm³/mol. The molecule has 2 heterocycles. The summed E-state index contributed by atoms with van der Waals surface area (Å²) in [7, 11) is 4.30. The molecule has 1 N–H and O–H groups in total. The van der Waals surface area contributed by atoms with E-state index in [2.05, 4.69) is 47.2 Å². The molecule has 0 bridgehead atoms. The first-order chi connectivity index (χ1) is 8.70. The second-order valence-corrected chi connectivity index (χ2v) is 5.22.